The third kappa shape index (κ3) is 2.81. The molecule has 9 heteroatoms. The summed E-state index contributed by atoms with van der Waals surface area (Å²) in [5.74, 6) is -0.759. The smallest absolute Gasteiger partial charge is 0.255 e. The SMILES string of the molecule is CC1CCN(c2c(-c3c(F)cc(C#N)cc3F)c(C#N)nc3ncnn23)CC1. The summed E-state index contributed by atoms with van der Waals surface area (Å²) >= 11 is 0. The largest absolute Gasteiger partial charge is 0.356 e. The molecule has 1 aliphatic heterocycles. The lowest BCUT2D eigenvalue weighted by molar-refractivity contribution is 0.435. The van der Waals surface area contributed by atoms with Gasteiger partial charge in [-0.1, -0.05) is 6.92 Å². The predicted molar refractivity (Wildman–Crippen MR) is 96.2 cm³/mol. The molecule has 0 atom stereocenters. The number of hydrogen-bond acceptors (Lipinski definition) is 6. The summed E-state index contributed by atoms with van der Waals surface area (Å²) < 4.78 is 31.1. The summed E-state index contributed by atoms with van der Waals surface area (Å²) in [5.41, 5.74) is -0.652. The fourth-order valence-corrected chi connectivity index (χ4v) is 3.53. The second kappa shape index (κ2) is 6.86. The Balaban J connectivity index is 2.04. The monoisotopic (exact) mass is 379 g/mol. The van der Waals surface area contributed by atoms with Crippen LogP contribution in [0.15, 0.2) is 18.5 Å². The van der Waals surface area contributed by atoms with Gasteiger partial charge in [0.15, 0.2) is 5.69 Å². The van der Waals surface area contributed by atoms with Gasteiger partial charge in [-0.2, -0.15) is 30.1 Å². The standard InChI is InChI=1S/C19H15F2N7/c1-11-2-4-27(5-3-11)18-17(15(9-23)26-19-24-10-25-28(18)19)16-13(20)6-12(8-22)7-14(16)21/h6-7,10-11H,2-5H2,1H3. The number of nitriles is 2. The van der Waals surface area contributed by atoms with E-state index in [-0.39, 0.29) is 22.6 Å². The number of benzene rings is 1. The summed E-state index contributed by atoms with van der Waals surface area (Å²) in [7, 11) is 0. The number of hydrogen-bond donors (Lipinski definition) is 0. The molecule has 0 N–H and O–H groups in total. The van der Waals surface area contributed by atoms with E-state index in [1.807, 2.05) is 11.0 Å². The molecule has 0 aliphatic carbocycles. The highest BCUT2D eigenvalue weighted by atomic mass is 19.1. The summed E-state index contributed by atoms with van der Waals surface area (Å²) in [5, 5.41) is 22.8. The van der Waals surface area contributed by atoms with Crippen LogP contribution < -0.4 is 4.90 Å². The second-order valence-corrected chi connectivity index (χ2v) is 6.84. The Morgan fingerprint density at radius 3 is 2.36 bits per heavy atom. The summed E-state index contributed by atoms with van der Waals surface area (Å²) in [6.45, 7) is 3.45. The van der Waals surface area contributed by atoms with Crippen molar-refractivity contribution in [2.45, 2.75) is 19.8 Å². The molecule has 7 nitrogen and oxygen atoms in total. The lowest BCUT2D eigenvalue weighted by atomic mass is 9.97. The number of halogens is 2. The quantitative estimate of drug-likeness (QED) is 0.679. The molecule has 28 heavy (non-hydrogen) atoms. The van der Waals surface area contributed by atoms with Gasteiger partial charge in [-0.05, 0) is 30.9 Å². The van der Waals surface area contributed by atoms with Crippen LogP contribution in [0.2, 0.25) is 0 Å². The molecule has 0 spiro atoms. The van der Waals surface area contributed by atoms with Gasteiger partial charge < -0.3 is 4.90 Å². The fraction of sp³-hybridized carbons (Fsp3) is 0.316. The second-order valence-electron chi connectivity index (χ2n) is 6.84. The molecule has 0 amide bonds. The van der Waals surface area contributed by atoms with E-state index in [2.05, 4.69) is 22.0 Å². The molecule has 2 aromatic heterocycles. The third-order valence-corrected chi connectivity index (χ3v) is 5.01. The van der Waals surface area contributed by atoms with Crippen molar-refractivity contribution < 1.29 is 8.78 Å². The first-order valence-corrected chi connectivity index (χ1v) is 8.81. The van der Waals surface area contributed by atoms with Crippen LogP contribution in [0.25, 0.3) is 16.9 Å². The van der Waals surface area contributed by atoms with Gasteiger partial charge in [0.05, 0.1) is 22.8 Å². The Bertz CT molecular complexity index is 1120. The minimum atomic E-state index is -0.930. The molecule has 0 bridgehead atoms. The first kappa shape index (κ1) is 17.8. The van der Waals surface area contributed by atoms with Gasteiger partial charge in [-0.25, -0.2) is 8.78 Å². The Kier molecular flexibility index (Phi) is 4.36. The molecule has 0 saturated carbocycles. The number of anilines is 1. The van der Waals surface area contributed by atoms with Crippen LogP contribution in [0.4, 0.5) is 14.6 Å². The third-order valence-electron chi connectivity index (χ3n) is 5.01. The van der Waals surface area contributed by atoms with Crippen LogP contribution in [-0.4, -0.2) is 32.7 Å². The van der Waals surface area contributed by atoms with Crippen molar-refractivity contribution in [2.75, 3.05) is 18.0 Å². The maximum Gasteiger partial charge on any atom is 0.255 e. The minimum absolute atomic E-state index is 0.0227. The zero-order chi connectivity index (χ0) is 19.8. The Morgan fingerprint density at radius 1 is 1.07 bits per heavy atom. The van der Waals surface area contributed by atoms with Gasteiger partial charge in [0.25, 0.3) is 5.78 Å². The molecule has 1 aromatic carbocycles. The van der Waals surface area contributed by atoms with Gasteiger partial charge in [0.1, 0.15) is 29.8 Å². The maximum atomic E-state index is 14.8. The van der Waals surface area contributed by atoms with Crippen molar-refractivity contribution in [3.05, 3.63) is 41.4 Å². The number of aromatic nitrogens is 4. The van der Waals surface area contributed by atoms with Gasteiger partial charge in [-0.3, -0.25) is 0 Å². The lowest BCUT2D eigenvalue weighted by Crippen LogP contribution is -2.35. The molecule has 140 valence electrons. The van der Waals surface area contributed by atoms with Gasteiger partial charge in [-0.15, -0.1) is 0 Å². The summed E-state index contributed by atoms with van der Waals surface area (Å²) in [6, 6.07) is 5.56. The van der Waals surface area contributed by atoms with E-state index in [1.54, 1.807) is 6.07 Å². The van der Waals surface area contributed by atoms with Gasteiger partial charge in [0.2, 0.25) is 0 Å². The molecule has 3 aromatic rings. The van der Waals surface area contributed by atoms with E-state index in [0.29, 0.717) is 24.8 Å². The Labute approximate surface area is 159 Å². The molecular weight excluding hydrogens is 364 g/mol. The van der Waals surface area contributed by atoms with Crippen molar-refractivity contribution >= 4 is 11.6 Å². The van der Waals surface area contributed by atoms with Gasteiger partial charge in [0, 0.05) is 13.1 Å². The van der Waals surface area contributed by atoms with Crippen LogP contribution in [-0.2, 0) is 0 Å². The van der Waals surface area contributed by atoms with Crippen molar-refractivity contribution in [3.63, 3.8) is 0 Å². The summed E-state index contributed by atoms with van der Waals surface area (Å²) in [4.78, 5) is 10.1. The summed E-state index contributed by atoms with van der Waals surface area (Å²) in [6.07, 6.45) is 3.09. The van der Waals surface area contributed by atoms with Crippen LogP contribution in [0, 0.1) is 40.2 Å². The highest BCUT2D eigenvalue weighted by Gasteiger charge is 2.29. The van der Waals surface area contributed by atoms with E-state index in [4.69, 9.17) is 5.26 Å². The zero-order valence-electron chi connectivity index (χ0n) is 15.0. The van der Waals surface area contributed by atoms with Crippen molar-refractivity contribution in [1.29, 1.82) is 10.5 Å². The molecule has 0 unspecified atom stereocenters. The first-order valence-electron chi connectivity index (χ1n) is 8.81. The molecule has 1 aliphatic rings. The number of piperidine rings is 1. The van der Waals surface area contributed by atoms with E-state index >= 15 is 0 Å². The van der Waals surface area contributed by atoms with Crippen LogP contribution in [0.3, 0.4) is 0 Å². The number of fused-ring (bicyclic) bond motifs is 1. The highest BCUT2D eigenvalue weighted by Crippen LogP contribution is 2.38. The number of rotatable bonds is 2. The Hall–Kier alpha value is -3.59. The molecule has 1 saturated heterocycles. The number of nitrogens with zero attached hydrogens (tertiary/aromatic N) is 7. The van der Waals surface area contributed by atoms with Crippen LogP contribution in [0.1, 0.15) is 31.0 Å². The van der Waals surface area contributed by atoms with E-state index in [1.165, 1.54) is 10.8 Å². The Morgan fingerprint density at radius 2 is 1.75 bits per heavy atom. The first-order chi connectivity index (χ1) is 13.5. The zero-order valence-corrected chi connectivity index (χ0v) is 15.0. The average Bonchev–Trinajstić information content (AvgIpc) is 3.15. The van der Waals surface area contributed by atoms with Crippen molar-refractivity contribution in [1.82, 2.24) is 19.6 Å². The van der Waals surface area contributed by atoms with Crippen LogP contribution >= 0.6 is 0 Å². The molecule has 0 radical (unpaired) electrons. The fourth-order valence-electron chi connectivity index (χ4n) is 3.53. The molecule has 3 heterocycles. The van der Waals surface area contributed by atoms with Crippen LogP contribution in [0.5, 0.6) is 0 Å². The predicted octanol–water partition coefficient (Wildman–Crippen LogP) is 3.05. The maximum absolute atomic E-state index is 14.8. The highest BCUT2D eigenvalue weighted by molar-refractivity contribution is 5.82. The van der Waals surface area contributed by atoms with E-state index in [9.17, 15) is 14.0 Å². The van der Waals surface area contributed by atoms with E-state index < -0.39 is 17.2 Å². The topological polar surface area (TPSA) is 93.9 Å². The molecule has 1 fully saturated rings. The van der Waals surface area contributed by atoms with Gasteiger partial charge >= 0.3 is 0 Å². The normalized spacial score (nSPS) is 14.8. The van der Waals surface area contributed by atoms with Crippen molar-refractivity contribution in [2.24, 2.45) is 5.92 Å². The van der Waals surface area contributed by atoms with E-state index in [0.717, 1.165) is 25.0 Å². The molecule has 4 rings (SSSR count). The molecular formula is C19H15F2N7. The minimum Gasteiger partial charge on any atom is -0.356 e. The van der Waals surface area contributed by atoms with Crippen molar-refractivity contribution in [3.8, 4) is 23.3 Å². The average molecular weight is 379 g/mol. The lowest BCUT2D eigenvalue weighted by Gasteiger charge is -2.33.